The van der Waals surface area contributed by atoms with E-state index in [1.54, 1.807) is 0 Å². The van der Waals surface area contributed by atoms with Crippen LogP contribution in [-0.4, -0.2) is 5.11 Å². The number of nitrogens with one attached hydrogen (secondary N) is 2. The van der Waals surface area contributed by atoms with Crippen LogP contribution in [0.1, 0.15) is 37.8 Å². The van der Waals surface area contributed by atoms with E-state index in [1.807, 2.05) is 26.0 Å². The van der Waals surface area contributed by atoms with E-state index in [9.17, 15) is 5.11 Å². The van der Waals surface area contributed by atoms with Gasteiger partial charge < -0.3 is 10.5 Å². The van der Waals surface area contributed by atoms with Gasteiger partial charge in [0.2, 0.25) is 0 Å². The summed E-state index contributed by atoms with van der Waals surface area (Å²) in [6.07, 6.45) is 1.51. The monoisotopic (exact) mass is 206 g/mol. The summed E-state index contributed by atoms with van der Waals surface area (Å²) in [5.41, 5.74) is 8.86. The van der Waals surface area contributed by atoms with Crippen molar-refractivity contribution in [1.29, 1.82) is 0 Å². The summed E-state index contributed by atoms with van der Waals surface area (Å²) in [6, 6.07) is 6.13. The van der Waals surface area contributed by atoms with Gasteiger partial charge >= 0.3 is 0 Å². The maximum Gasteiger partial charge on any atom is 0.0891 e. The minimum atomic E-state index is -0.669. The molecular formula is C12H18N2O. The van der Waals surface area contributed by atoms with Crippen molar-refractivity contribution in [3.63, 3.8) is 0 Å². The molecule has 3 nitrogen and oxygen atoms in total. The Morgan fingerprint density at radius 3 is 2.73 bits per heavy atom. The van der Waals surface area contributed by atoms with Gasteiger partial charge in [0.25, 0.3) is 0 Å². The lowest BCUT2D eigenvalue weighted by Crippen LogP contribution is -2.23. The summed E-state index contributed by atoms with van der Waals surface area (Å²) in [5.74, 6) is 0. The predicted octanol–water partition coefficient (Wildman–Crippen LogP) is 2.12. The first-order valence-corrected chi connectivity index (χ1v) is 5.54. The van der Waals surface area contributed by atoms with Gasteiger partial charge in [0.1, 0.15) is 0 Å². The van der Waals surface area contributed by atoms with Gasteiger partial charge in [-0.15, -0.1) is 0 Å². The zero-order valence-electron chi connectivity index (χ0n) is 9.30. The highest BCUT2D eigenvalue weighted by molar-refractivity contribution is 5.55. The average Bonchev–Trinajstić information content (AvgIpc) is 2.74. The molecule has 0 aromatic heterocycles. The topological polar surface area (TPSA) is 44.3 Å². The Balaban J connectivity index is 2.37. The molecule has 0 aliphatic carbocycles. The highest BCUT2D eigenvalue weighted by Crippen LogP contribution is 2.31. The lowest BCUT2D eigenvalue weighted by atomic mass is 9.87. The molecule has 1 heterocycles. The van der Waals surface area contributed by atoms with Gasteiger partial charge in [-0.25, -0.2) is 5.43 Å². The molecule has 0 amide bonds. The summed E-state index contributed by atoms with van der Waals surface area (Å²) in [5, 5.41) is 10.4. The zero-order chi connectivity index (χ0) is 10.9. The van der Waals surface area contributed by atoms with Crippen LogP contribution in [0.2, 0.25) is 0 Å². The molecule has 1 aromatic rings. The lowest BCUT2D eigenvalue weighted by Gasteiger charge is -2.26. The van der Waals surface area contributed by atoms with Crippen molar-refractivity contribution in [3.05, 3.63) is 29.3 Å². The fourth-order valence-corrected chi connectivity index (χ4v) is 2.04. The van der Waals surface area contributed by atoms with Gasteiger partial charge in [-0.05, 0) is 36.1 Å². The Bertz CT molecular complexity index is 359. The van der Waals surface area contributed by atoms with Crippen LogP contribution in [0, 0.1) is 0 Å². The summed E-state index contributed by atoms with van der Waals surface area (Å²) in [6.45, 7) is 4.87. The molecule has 0 saturated heterocycles. The predicted molar refractivity (Wildman–Crippen MR) is 61.4 cm³/mol. The maximum atomic E-state index is 10.4. The Hall–Kier alpha value is -1.06. The van der Waals surface area contributed by atoms with Crippen LogP contribution in [0.4, 0.5) is 5.69 Å². The molecule has 2 rings (SSSR count). The van der Waals surface area contributed by atoms with Crippen LogP contribution >= 0.6 is 0 Å². The summed E-state index contributed by atoms with van der Waals surface area (Å²) in [7, 11) is 0. The number of hydrazine groups is 1. The molecule has 1 aliphatic heterocycles. The molecule has 1 aromatic carbocycles. The van der Waals surface area contributed by atoms with Gasteiger partial charge in [0.05, 0.1) is 11.3 Å². The van der Waals surface area contributed by atoms with Crippen molar-refractivity contribution in [2.45, 2.75) is 38.8 Å². The van der Waals surface area contributed by atoms with E-state index >= 15 is 0 Å². The molecule has 0 saturated carbocycles. The molecule has 0 bridgehead atoms. The quantitative estimate of drug-likeness (QED) is 0.710. The molecule has 82 valence electrons. The third-order valence-electron chi connectivity index (χ3n) is 3.31. The first-order chi connectivity index (χ1) is 7.19. The molecule has 1 aliphatic rings. The number of fused-ring (bicyclic) bond motifs is 1. The van der Waals surface area contributed by atoms with Crippen LogP contribution in [0.5, 0.6) is 0 Å². The Morgan fingerprint density at radius 2 is 2.07 bits per heavy atom. The minimum Gasteiger partial charge on any atom is -0.385 e. The Morgan fingerprint density at radius 1 is 1.33 bits per heavy atom. The number of aliphatic hydroxyl groups is 1. The number of anilines is 1. The van der Waals surface area contributed by atoms with Crippen LogP contribution in [0.3, 0.4) is 0 Å². The fraction of sp³-hybridized carbons (Fsp3) is 0.500. The highest BCUT2D eigenvalue weighted by atomic mass is 16.3. The smallest absolute Gasteiger partial charge is 0.0891 e. The highest BCUT2D eigenvalue weighted by Gasteiger charge is 2.25. The zero-order valence-corrected chi connectivity index (χ0v) is 9.30. The number of benzene rings is 1. The van der Waals surface area contributed by atoms with Crippen LogP contribution < -0.4 is 10.9 Å². The maximum absolute atomic E-state index is 10.4. The second-order valence-electron chi connectivity index (χ2n) is 4.09. The van der Waals surface area contributed by atoms with Gasteiger partial charge in [-0.1, -0.05) is 19.9 Å². The largest absolute Gasteiger partial charge is 0.385 e. The van der Waals surface area contributed by atoms with E-state index < -0.39 is 5.60 Å². The van der Waals surface area contributed by atoms with Crippen molar-refractivity contribution in [3.8, 4) is 0 Å². The van der Waals surface area contributed by atoms with Crippen molar-refractivity contribution >= 4 is 5.69 Å². The molecule has 15 heavy (non-hydrogen) atoms. The molecule has 0 fully saturated rings. The van der Waals surface area contributed by atoms with E-state index in [4.69, 9.17) is 0 Å². The van der Waals surface area contributed by atoms with Crippen LogP contribution in [-0.2, 0) is 12.1 Å². The second kappa shape index (κ2) is 3.83. The fourth-order valence-electron chi connectivity index (χ4n) is 2.04. The van der Waals surface area contributed by atoms with Crippen LogP contribution in [0.15, 0.2) is 18.2 Å². The molecule has 0 radical (unpaired) electrons. The number of rotatable bonds is 3. The molecule has 0 spiro atoms. The Labute approximate surface area is 90.5 Å². The first-order valence-electron chi connectivity index (χ1n) is 5.54. The first kappa shape index (κ1) is 10.5. The normalized spacial score (nSPS) is 14.9. The average molecular weight is 206 g/mol. The van der Waals surface area contributed by atoms with E-state index in [0.717, 1.165) is 30.6 Å². The summed E-state index contributed by atoms with van der Waals surface area (Å²) < 4.78 is 0. The van der Waals surface area contributed by atoms with Crippen molar-refractivity contribution < 1.29 is 5.11 Å². The third kappa shape index (κ3) is 1.73. The van der Waals surface area contributed by atoms with E-state index in [2.05, 4.69) is 16.9 Å². The number of hydrogen-bond acceptors (Lipinski definition) is 3. The van der Waals surface area contributed by atoms with E-state index in [0.29, 0.717) is 0 Å². The van der Waals surface area contributed by atoms with Crippen molar-refractivity contribution in [1.82, 2.24) is 5.43 Å². The molecular weight excluding hydrogens is 188 g/mol. The van der Waals surface area contributed by atoms with E-state index in [-0.39, 0.29) is 0 Å². The van der Waals surface area contributed by atoms with Gasteiger partial charge in [-0.3, -0.25) is 0 Å². The molecule has 3 heteroatoms. The molecule has 3 N–H and O–H groups in total. The van der Waals surface area contributed by atoms with Gasteiger partial charge in [-0.2, -0.15) is 0 Å². The molecule has 0 atom stereocenters. The second-order valence-corrected chi connectivity index (χ2v) is 4.09. The minimum absolute atomic E-state index is 0.669. The standard InChI is InChI=1S/C12H18N2O/c1-3-12(15,4-2)10-5-6-11-9(7-10)8-13-14-11/h5-7,13-15H,3-4,8H2,1-2H3. The van der Waals surface area contributed by atoms with E-state index in [1.165, 1.54) is 5.56 Å². The Kier molecular flexibility index (Phi) is 2.67. The summed E-state index contributed by atoms with van der Waals surface area (Å²) in [4.78, 5) is 0. The van der Waals surface area contributed by atoms with Crippen molar-refractivity contribution in [2.24, 2.45) is 0 Å². The van der Waals surface area contributed by atoms with Gasteiger partial charge in [0, 0.05) is 6.54 Å². The van der Waals surface area contributed by atoms with Gasteiger partial charge in [0.15, 0.2) is 0 Å². The SMILES string of the molecule is CCC(O)(CC)c1ccc2c(c1)CNN2. The third-order valence-corrected chi connectivity index (χ3v) is 3.31. The van der Waals surface area contributed by atoms with Crippen LogP contribution in [0.25, 0.3) is 0 Å². The molecule has 0 unspecified atom stereocenters. The lowest BCUT2D eigenvalue weighted by molar-refractivity contribution is 0.0283. The summed E-state index contributed by atoms with van der Waals surface area (Å²) >= 11 is 0. The van der Waals surface area contributed by atoms with Crippen molar-refractivity contribution in [2.75, 3.05) is 5.43 Å². The number of hydrogen-bond donors (Lipinski definition) is 3.